The van der Waals surface area contributed by atoms with E-state index in [1.807, 2.05) is 0 Å². The van der Waals surface area contributed by atoms with Gasteiger partial charge in [-0.05, 0) is 31.5 Å². The summed E-state index contributed by atoms with van der Waals surface area (Å²) in [7, 11) is 0. The Hall–Kier alpha value is -1.76. The van der Waals surface area contributed by atoms with Crippen LogP contribution < -0.4 is 4.74 Å². The molecule has 0 fully saturated rings. The van der Waals surface area contributed by atoms with Crippen molar-refractivity contribution in [2.24, 2.45) is 0 Å². The summed E-state index contributed by atoms with van der Waals surface area (Å²) in [5, 5.41) is 20.4. The fourth-order valence-corrected chi connectivity index (χ4v) is 3.42. The summed E-state index contributed by atoms with van der Waals surface area (Å²) in [4.78, 5) is 0. The number of benzene rings is 2. The molecule has 2 N–H and O–H groups in total. The summed E-state index contributed by atoms with van der Waals surface area (Å²) in [6.45, 7) is 3.30. The third-order valence-corrected chi connectivity index (χ3v) is 4.73. The molecule has 2 aromatic carbocycles. The molecule has 0 saturated carbocycles. The van der Waals surface area contributed by atoms with Crippen LogP contribution in [0.15, 0.2) is 36.4 Å². The van der Waals surface area contributed by atoms with Gasteiger partial charge in [-0.15, -0.1) is 0 Å². The number of hydrogen-bond acceptors (Lipinski definition) is 3. The molecule has 0 spiro atoms. The number of ether oxygens (including phenoxy) is 1. The van der Waals surface area contributed by atoms with Gasteiger partial charge in [0.05, 0.1) is 17.2 Å². The molecule has 0 aliphatic heterocycles. The molecule has 3 rings (SSSR count). The Morgan fingerprint density at radius 2 is 1.77 bits per heavy atom. The molecular weight excluding hydrogens is 369 g/mol. The second-order valence-electron chi connectivity index (χ2n) is 6.99. The van der Waals surface area contributed by atoms with Gasteiger partial charge in [-0.3, -0.25) is 0 Å². The highest BCUT2D eigenvalue weighted by atomic mass is 35.5. The van der Waals surface area contributed by atoms with E-state index in [4.69, 9.17) is 16.3 Å². The first-order valence-corrected chi connectivity index (χ1v) is 8.41. The first kappa shape index (κ1) is 19.0. The van der Waals surface area contributed by atoms with Crippen molar-refractivity contribution in [1.29, 1.82) is 0 Å². The lowest BCUT2D eigenvalue weighted by Crippen LogP contribution is -2.41. The minimum atomic E-state index is -4.93. The van der Waals surface area contributed by atoms with Gasteiger partial charge in [0.1, 0.15) is 5.75 Å². The van der Waals surface area contributed by atoms with Gasteiger partial charge in [-0.1, -0.05) is 35.9 Å². The zero-order valence-electron chi connectivity index (χ0n) is 14.2. The van der Waals surface area contributed by atoms with Crippen LogP contribution in [0.1, 0.15) is 31.4 Å². The van der Waals surface area contributed by atoms with Crippen LogP contribution >= 0.6 is 11.6 Å². The molecule has 0 bridgehead atoms. The fourth-order valence-electron chi connectivity index (χ4n) is 3.11. The Balaban J connectivity index is 2.09. The molecule has 0 aromatic heterocycles. The van der Waals surface area contributed by atoms with Gasteiger partial charge in [0.15, 0.2) is 0 Å². The van der Waals surface area contributed by atoms with Gasteiger partial charge >= 0.3 is 6.18 Å². The average molecular weight is 387 g/mol. The molecule has 1 aliphatic carbocycles. The van der Waals surface area contributed by atoms with Gasteiger partial charge in [0.2, 0.25) is 5.60 Å². The summed E-state index contributed by atoms with van der Waals surface area (Å²) in [5.74, 6) is 0.105. The van der Waals surface area contributed by atoms with Gasteiger partial charge in [-0.25, -0.2) is 0 Å². The second kappa shape index (κ2) is 6.15. The molecule has 1 atom stereocenters. The van der Waals surface area contributed by atoms with Crippen molar-refractivity contribution in [3.05, 3.63) is 52.5 Å². The quantitative estimate of drug-likeness (QED) is 0.803. The third-order valence-electron chi connectivity index (χ3n) is 4.43. The number of halogens is 4. The van der Waals surface area contributed by atoms with Gasteiger partial charge in [-0.2, -0.15) is 13.2 Å². The van der Waals surface area contributed by atoms with Crippen molar-refractivity contribution in [3.8, 4) is 16.9 Å². The second-order valence-corrected chi connectivity index (χ2v) is 7.40. The Labute approximate surface area is 154 Å². The van der Waals surface area contributed by atoms with Crippen LogP contribution in [0, 0.1) is 0 Å². The predicted octanol–water partition coefficient (Wildman–Crippen LogP) is 4.66. The SMILES string of the molecule is CC(C)(O)CCOc1cc(Cl)c2c(c1)C(O)(C(F)(F)F)c1ccccc1-2. The van der Waals surface area contributed by atoms with Crippen LogP contribution in [0.25, 0.3) is 11.1 Å². The van der Waals surface area contributed by atoms with E-state index >= 15 is 0 Å². The van der Waals surface area contributed by atoms with Crippen molar-refractivity contribution in [2.45, 2.75) is 37.6 Å². The van der Waals surface area contributed by atoms with Crippen LogP contribution in [0.2, 0.25) is 5.02 Å². The monoisotopic (exact) mass is 386 g/mol. The molecule has 1 aliphatic rings. The topological polar surface area (TPSA) is 49.7 Å². The van der Waals surface area contributed by atoms with E-state index < -0.39 is 17.4 Å². The Kier molecular flexibility index (Phi) is 4.50. The fraction of sp³-hybridized carbons (Fsp3) is 0.368. The van der Waals surface area contributed by atoms with Crippen molar-refractivity contribution in [2.75, 3.05) is 6.61 Å². The van der Waals surface area contributed by atoms with Gasteiger partial charge < -0.3 is 14.9 Å². The Bertz CT molecular complexity index is 843. The van der Waals surface area contributed by atoms with E-state index in [9.17, 15) is 23.4 Å². The normalized spacial score (nSPS) is 19.2. The highest BCUT2D eigenvalue weighted by molar-refractivity contribution is 6.34. The molecule has 0 heterocycles. The van der Waals surface area contributed by atoms with E-state index in [-0.39, 0.29) is 46.1 Å². The Morgan fingerprint density at radius 3 is 2.38 bits per heavy atom. The molecule has 1 unspecified atom stereocenters. The third kappa shape index (κ3) is 3.06. The standard InChI is InChI=1S/C19H18ClF3O3/c1-17(2,24)7-8-26-11-9-14-16(15(20)10-11)12-5-3-4-6-13(12)18(14,25)19(21,22)23/h3-6,9-10,24-25H,7-8H2,1-2H3. The minimum Gasteiger partial charge on any atom is -0.493 e. The molecule has 0 radical (unpaired) electrons. The predicted molar refractivity (Wildman–Crippen MR) is 92.4 cm³/mol. The van der Waals surface area contributed by atoms with Crippen LogP contribution in [0.4, 0.5) is 13.2 Å². The van der Waals surface area contributed by atoms with Crippen LogP contribution in [-0.2, 0) is 5.60 Å². The van der Waals surface area contributed by atoms with E-state index in [0.717, 1.165) is 0 Å². The summed E-state index contributed by atoms with van der Waals surface area (Å²) >= 11 is 6.24. The van der Waals surface area contributed by atoms with E-state index in [0.29, 0.717) is 0 Å². The summed E-state index contributed by atoms with van der Waals surface area (Å²) in [6, 6.07) is 8.36. The maximum absolute atomic E-state index is 13.8. The lowest BCUT2D eigenvalue weighted by molar-refractivity contribution is -0.246. The number of aliphatic hydroxyl groups is 2. The van der Waals surface area contributed by atoms with Crippen molar-refractivity contribution in [3.63, 3.8) is 0 Å². The smallest absolute Gasteiger partial charge is 0.425 e. The number of fused-ring (bicyclic) bond motifs is 3. The number of alkyl halides is 3. The van der Waals surface area contributed by atoms with Gasteiger partial charge in [0.25, 0.3) is 0 Å². The largest absolute Gasteiger partial charge is 0.493 e. The van der Waals surface area contributed by atoms with Crippen molar-refractivity contribution < 1.29 is 28.1 Å². The maximum atomic E-state index is 13.8. The maximum Gasteiger partial charge on any atom is 0.425 e. The Morgan fingerprint density at radius 1 is 1.12 bits per heavy atom. The van der Waals surface area contributed by atoms with Crippen LogP contribution in [0.3, 0.4) is 0 Å². The number of rotatable bonds is 4. The minimum absolute atomic E-state index is 0.0633. The lowest BCUT2D eigenvalue weighted by Gasteiger charge is -2.28. The first-order chi connectivity index (χ1) is 11.9. The summed E-state index contributed by atoms with van der Waals surface area (Å²) < 4.78 is 46.9. The van der Waals surface area contributed by atoms with Crippen molar-refractivity contribution in [1.82, 2.24) is 0 Å². The van der Waals surface area contributed by atoms with Crippen molar-refractivity contribution >= 4 is 11.6 Å². The molecule has 7 heteroatoms. The first-order valence-electron chi connectivity index (χ1n) is 8.03. The zero-order valence-corrected chi connectivity index (χ0v) is 14.9. The average Bonchev–Trinajstić information content (AvgIpc) is 2.77. The molecule has 26 heavy (non-hydrogen) atoms. The highest BCUT2D eigenvalue weighted by Crippen LogP contribution is 2.57. The summed E-state index contributed by atoms with van der Waals surface area (Å²) in [5.41, 5.74) is -4.33. The number of hydrogen-bond donors (Lipinski definition) is 2. The molecule has 0 amide bonds. The molecule has 140 valence electrons. The molecular formula is C19H18ClF3O3. The van der Waals surface area contributed by atoms with Crippen LogP contribution in [-0.4, -0.2) is 28.6 Å². The molecule has 2 aromatic rings. The van der Waals surface area contributed by atoms with E-state index in [1.165, 1.54) is 30.3 Å². The summed E-state index contributed by atoms with van der Waals surface area (Å²) in [6.07, 6.45) is -4.64. The van der Waals surface area contributed by atoms with E-state index in [1.54, 1.807) is 19.9 Å². The van der Waals surface area contributed by atoms with Crippen LogP contribution in [0.5, 0.6) is 5.75 Å². The zero-order chi connectivity index (χ0) is 19.3. The van der Waals surface area contributed by atoms with Gasteiger partial charge in [0, 0.05) is 23.1 Å². The lowest BCUT2D eigenvalue weighted by atomic mass is 9.90. The highest BCUT2D eigenvalue weighted by Gasteiger charge is 2.61. The van der Waals surface area contributed by atoms with E-state index in [2.05, 4.69) is 0 Å². The molecule has 3 nitrogen and oxygen atoms in total. The molecule has 0 saturated heterocycles.